The number of amides is 1. The van der Waals surface area contributed by atoms with E-state index in [2.05, 4.69) is 22.6 Å². The molecule has 0 saturated carbocycles. The Kier molecular flexibility index (Phi) is 5.22. The molecule has 1 saturated heterocycles. The van der Waals surface area contributed by atoms with E-state index in [0.29, 0.717) is 6.54 Å². The third-order valence-electron chi connectivity index (χ3n) is 2.93. The van der Waals surface area contributed by atoms with Gasteiger partial charge in [-0.3, -0.25) is 4.79 Å². The van der Waals surface area contributed by atoms with E-state index in [1.807, 2.05) is 30.0 Å². The van der Waals surface area contributed by atoms with Crippen LogP contribution in [-0.4, -0.2) is 29.9 Å². The number of benzene rings is 1. The maximum absolute atomic E-state index is 12.1. The first-order valence-electron chi connectivity index (χ1n) is 5.39. The van der Waals surface area contributed by atoms with Gasteiger partial charge >= 0.3 is 0 Å². The molecule has 0 bridgehead atoms. The largest absolute Gasteiger partial charge is 0.337 e. The quantitative estimate of drug-likeness (QED) is 0.775. The number of hydrogen-bond donors (Lipinski definition) is 1. The summed E-state index contributed by atoms with van der Waals surface area (Å²) < 4.78 is 1.13. The number of likely N-dealkylation sites (tertiary alicyclic amines) is 1. The van der Waals surface area contributed by atoms with Crippen LogP contribution in [0, 0.1) is 10.5 Å². The molecule has 1 fully saturated rings. The molecule has 3 nitrogen and oxygen atoms in total. The molecular weight excluding hydrogens is 351 g/mol. The highest BCUT2D eigenvalue weighted by Gasteiger charge is 2.24. The topological polar surface area (TPSA) is 46.3 Å². The molecule has 0 radical (unpaired) electrons. The molecule has 5 heteroatoms. The molecule has 0 aromatic heterocycles. The molecule has 1 aliphatic rings. The number of carbonyl (C=O) groups excluding carboxylic acids is 1. The van der Waals surface area contributed by atoms with Crippen LogP contribution in [0.5, 0.6) is 0 Å². The monoisotopic (exact) mass is 366 g/mol. The standard InChI is InChI=1S/C12H15IN2O.ClH/c1-8-2-3-9(6-11(8)13)12(16)15-5-4-10(14)7-15;/h2-3,6,10H,4-5,7,14H2,1H3;1H/t10-;/m1./s1. The average Bonchev–Trinajstić information content (AvgIpc) is 2.68. The van der Waals surface area contributed by atoms with Gasteiger partial charge < -0.3 is 10.6 Å². The highest BCUT2D eigenvalue weighted by atomic mass is 127. The van der Waals surface area contributed by atoms with Gasteiger partial charge in [-0.25, -0.2) is 0 Å². The van der Waals surface area contributed by atoms with Crippen LogP contribution < -0.4 is 5.73 Å². The van der Waals surface area contributed by atoms with E-state index in [4.69, 9.17) is 5.73 Å². The second kappa shape index (κ2) is 6.02. The summed E-state index contributed by atoms with van der Waals surface area (Å²) in [4.78, 5) is 14.0. The van der Waals surface area contributed by atoms with E-state index in [0.717, 1.165) is 22.1 Å². The average molecular weight is 367 g/mol. The van der Waals surface area contributed by atoms with Crippen molar-refractivity contribution in [2.24, 2.45) is 5.73 Å². The predicted octanol–water partition coefficient (Wildman–Crippen LogP) is 2.19. The minimum Gasteiger partial charge on any atom is -0.337 e. The van der Waals surface area contributed by atoms with Crippen molar-refractivity contribution in [1.29, 1.82) is 0 Å². The molecule has 17 heavy (non-hydrogen) atoms. The maximum Gasteiger partial charge on any atom is 0.253 e. The van der Waals surface area contributed by atoms with Crippen LogP contribution in [0.4, 0.5) is 0 Å². The number of rotatable bonds is 1. The zero-order valence-electron chi connectivity index (χ0n) is 9.65. The van der Waals surface area contributed by atoms with Crippen molar-refractivity contribution in [1.82, 2.24) is 4.90 Å². The molecule has 0 spiro atoms. The Morgan fingerprint density at radius 1 is 1.53 bits per heavy atom. The van der Waals surface area contributed by atoms with Gasteiger partial charge in [0.1, 0.15) is 0 Å². The lowest BCUT2D eigenvalue weighted by Crippen LogP contribution is -2.31. The zero-order valence-corrected chi connectivity index (χ0v) is 12.6. The lowest BCUT2D eigenvalue weighted by molar-refractivity contribution is 0.0791. The van der Waals surface area contributed by atoms with Crippen LogP contribution in [0.25, 0.3) is 0 Å². The molecule has 1 heterocycles. The smallest absolute Gasteiger partial charge is 0.253 e. The summed E-state index contributed by atoms with van der Waals surface area (Å²) in [6.07, 6.45) is 0.911. The molecule has 1 aromatic rings. The van der Waals surface area contributed by atoms with Crippen molar-refractivity contribution in [2.45, 2.75) is 19.4 Å². The predicted molar refractivity (Wildman–Crippen MR) is 79.6 cm³/mol. The SMILES string of the molecule is Cc1ccc(C(=O)N2CC[C@@H](N)C2)cc1I.Cl. The van der Waals surface area contributed by atoms with E-state index >= 15 is 0 Å². The van der Waals surface area contributed by atoms with Crippen molar-refractivity contribution in [3.63, 3.8) is 0 Å². The van der Waals surface area contributed by atoms with Crippen molar-refractivity contribution in [3.8, 4) is 0 Å². The van der Waals surface area contributed by atoms with Crippen molar-refractivity contribution < 1.29 is 4.79 Å². The molecule has 1 amide bonds. The lowest BCUT2D eigenvalue weighted by Gasteiger charge is -2.16. The molecular formula is C12H16ClIN2O. The first-order chi connectivity index (χ1) is 7.58. The van der Waals surface area contributed by atoms with Gasteiger partial charge in [-0.1, -0.05) is 6.07 Å². The minimum absolute atomic E-state index is 0. The Morgan fingerprint density at radius 2 is 2.24 bits per heavy atom. The fourth-order valence-electron chi connectivity index (χ4n) is 1.88. The van der Waals surface area contributed by atoms with Crippen molar-refractivity contribution in [3.05, 3.63) is 32.9 Å². The Labute approximate surface area is 121 Å². The van der Waals surface area contributed by atoms with Gasteiger partial charge in [-0.15, -0.1) is 12.4 Å². The van der Waals surface area contributed by atoms with E-state index in [1.54, 1.807) is 0 Å². The first kappa shape index (κ1) is 14.7. The number of nitrogens with zero attached hydrogens (tertiary/aromatic N) is 1. The summed E-state index contributed by atoms with van der Waals surface area (Å²) in [7, 11) is 0. The number of hydrogen-bond acceptors (Lipinski definition) is 2. The Balaban J connectivity index is 0.00000144. The summed E-state index contributed by atoms with van der Waals surface area (Å²) in [5, 5.41) is 0. The normalized spacial score (nSPS) is 19.0. The first-order valence-corrected chi connectivity index (χ1v) is 6.47. The van der Waals surface area contributed by atoms with E-state index < -0.39 is 0 Å². The van der Waals surface area contributed by atoms with Crippen molar-refractivity contribution in [2.75, 3.05) is 13.1 Å². The summed E-state index contributed by atoms with van der Waals surface area (Å²) in [6.45, 7) is 3.51. The molecule has 1 aromatic carbocycles. The fraction of sp³-hybridized carbons (Fsp3) is 0.417. The number of nitrogens with two attached hydrogens (primary N) is 1. The van der Waals surface area contributed by atoms with E-state index in [-0.39, 0.29) is 24.4 Å². The fourth-order valence-corrected chi connectivity index (χ4v) is 2.40. The summed E-state index contributed by atoms with van der Waals surface area (Å²) in [6, 6.07) is 5.98. The van der Waals surface area contributed by atoms with Crippen LogP contribution in [0.1, 0.15) is 22.3 Å². The molecule has 94 valence electrons. The van der Waals surface area contributed by atoms with Gasteiger partial charge in [-0.05, 0) is 53.6 Å². The van der Waals surface area contributed by atoms with Crippen LogP contribution in [0.3, 0.4) is 0 Å². The Hall–Kier alpha value is -0.330. The molecule has 2 rings (SSSR count). The Morgan fingerprint density at radius 3 is 2.76 bits per heavy atom. The molecule has 2 N–H and O–H groups in total. The van der Waals surface area contributed by atoms with E-state index in [1.165, 1.54) is 5.56 Å². The highest BCUT2D eigenvalue weighted by molar-refractivity contribution is 14.1. The maximum atomic E-state index is 12.1. The van der Waals surface area contributed by atoms with Crippen LogP contribution >= 0.6 is 35.0 Å². The number of carbonyl (C=O) groups is 1. The van der Waals surface area contributed by atoms with Gasteiger partial charge in [0.25, 0.3) is 5.91 Å². The zero-order chi connectivity index (χ0) is 11.7. The van der Waals surface area contributed by atoms with Gasteiger partial charge in [0.05, 0.1) is 0 Å². The second-order valence-corrected chi connectivity index (χ2v) is 5.43. The van der Waals surface area contributed by atoms with Gasteiger partial charge in [0, 0.05) is 28.3 Å². The highest BCUT2D eigenvalue weighted by Crippen LogP contribution is 2.17. The summed E-state index contributed by atoms with van der Waals surface area (Å²) >= 11 is 2.26. The van der Waals surface area contributed by atoms with Gasteiger partial charge in [0.2, 0.25) is 0 Å². The van der Waals surface area contributed by atoms with Gasteiger partial charge in [-0.2, -0.15) is 0 Å². The third kappa shape index (κ3) is 3.33. The number of aryl methyl sites for hydroxylation is 1. The lowest BCUT2D eigenvalue weighted by atomic mass is 10.1. The molecule has 0 unspecified atom stereocenters. The van der Waals surface area contributed by atoms with Crippen LogP contribution in [0.15, 0.2) is 18.2 Å². The molecule has 0 aliphatic carbocycles. The second-order valence-electron chi connectivity index (χ2n) is 4.26. The van der Waals surface area contributed by atoms with Crippen LogP contribution in [0.2, 0.25) is 0 Å². The van der Waals surface area contributed by atoms with E-state index in [9.17, 15) is 4.79 Å². The third-order valence-corrected chi connectivity index (χ3v) is 4.09. The Bertz CT molecular complexity index is 425. The van der Waals surface area contributed by atoms with Crippen molar-refractivity contribution >= 4 is 40.9 Å². The summed E-state index contributed by atoms with van der Waals surface area (Å²) in [5.74, 6) is 0.103. The summed E-state index contributed by atoms with van der Waals surface area (Å²) in [5.41, 5.74) is 7.77. The minimum atomic E-state index is 0. The van der Waals surface area contributed by atoms with Crippen LogP contribution in [-0.2, 0) is 0 Å². The number of halogens is 2. The molecule has 1 aliphatic heterocycles. The molecule has 1 atom stereocenters. The van der Waals surface area contributed by atoms with Gasteiger partial charge in [0.15, 0.2) is 0 Å².